The number of nitrogens with zero attached hydrogens (tertiary/aromatic N) is 3. The van der Waals surface area contributed by atoms with Crippen LogP contribution in [0.3, 0.4) is 0 Å². The van der Waals surface area contributed by atoms with E-state index in [1.807, 2.05) is 11.6 Å². The topological polar surface area (TPSA) is 60.2 Å². The second-order valence-corrected chi connectivity index (χ2v) is 5.91. The second kappa shape index (κ2) is 7.01. The number of aliphatic hydroxyl groups is 1. The molecule has 5 nitrogen and oxygen atoms in total. The predicted octanol–water partition coefficient (Wildman–Crippen LogP) is 2.04. The molecule has 0 radical (unpaired) electrons. The average Bonchev–Trinajstić information content (AvgIpc) is 2.72. The molecule has 0 amide bonds. The molecule has 1 N–H and O–H groups in total. The predicted molar refractivity (Wildman–Crippen MR) is 74.9 cm³/mol. The Labute approximate surface area is 116 Å². The average molecular weight is 269 g/mol. The zero-order valence-corrected chi connectivity index (χ0v) is 12.8. The van der Waals surface area contributed by atoms with Gasteiger partial charge in [0.2, 0.25) is 0 Å². The fraction of sp³-hybridized carbons (Fsp3) is 0.857. The van der Waals surface area contributed by atoms with Crippen LogP contribution < -0.4 is 0 Å². The molecular weight excluding hydrogens is 242 g/mol. The van der Waals surface area contributed by atoms with Crippen LogP contribution in [0.2, 0.25) is 0 Å². The van der Waals surface area contributed by atoms with Crippen molar-refractivity contribution in [1.82, 2.24) is 14.8 Å². The molecule has 1 heterocycles. The van der Waals surface area contributed by atoms with Crippen molar-refractivity contribution in [3.8, 4) is 0 Å². The highest BCUT2D eigenvalue weighted by atomic mass is 16.5. The Morgan fingerprint density at radius 1 is 1.37 bits per heavy atom. The van der Waals surface area contributed by atoms with Gasteiger partial charge in [0.1, 0.15) is 12.2 Å². The Morgan fingerprint density at radius 2 is 2.05 bits per heavy atom. The lowest BCUT2D eigenvalue weighted by atomic mass is 9.84. The van der Waals surface area contributed by atoms with Gasteiger partial charge in [0, 0.05) is 19.6 Å². The maximum absolute atomic E-state index is 10.4. The quantitative estimate of drug-likeness (QED) is 0.823. The molecule has 110 valence electrons. The van der Waals surface area contributed by atoms with Gasteiger partial charge in [-0.15, -0.1) is 0 Å². The molecule has 5 heteroatoms. The smallest absolute Gasteiger partial charge is 0.138 e. The summed E-state index contributed by atoms with van der Waals surface area (Å²) in [6.45, 7) is 11.7. The monoisotopic (exact) mass is 269 g/mol. The molecule has 0 aliphatic heterocycles. The molecule has 1 rings (SSSR count). The van der Waals surface area contributed by atoms with Gasteiger partial charge in [-0.25, -0.2) is 4.98 Å². The summed E-state index contributed by atoms with van der Waals surface area (Å²) < 4.78 is 7.57. The molecule has 2 unspecified atom stereocenters. The number of aryl methyl sites for hydroxylation is 1. The SMILES string of the molecule is CCCn1ncnc1CC(O)C(OCC)C(C)(C)C. The Kier molecular flexibility index (Phi) is 5.94. The molecule has 1 aromatic heterocycles. The van der Waals surface area contributed by atoms with Crippen LogP contribution in [0.4, 0.5) is 0 Å². The van der Waals surface area contributed by atoms with Crippen LogP contribution >= 0.6 is 0 Å². The fourth-order valence-corrected chi connectivity index (χ4v) is 2.26. The molecule has 0 saturated heterocycles. The first-order chi connectivity index (χ1) is 8.90. The maximum Gasteiger partial charge on any atom is 0.138 e. The molecule has 1 aromatic rings. The summed E-state index contributed by atoms with van der Waals surface area (Å²) in [7, 11) is 0. The Hall–Kier alpha value is -0.940. The normalized spacial score (nSPS) is 15.5. The summed E-state index contributed by atoms with van der Waals surface area (Å²) in [5.74, 6) is 0.823. The second-order valence-electron chi connectivity index (χ2n) is 5.91. The van der Waals surface area contributed by atoms with Gasteiger partial charge in [-0.3, -0.25) is 4.68 Å². The minimum atomic E-state index is -0.570. The van der Waals surface area contributed by atoms with E-state index in [4.69, 9.17) is 4.74 Å². The summed E-state index contributed by atoms with van der Waals surface area (Å²) in [5.41, 5.74) is -0.106. The largest absolute Gasteiger partial charge is 0.390 e. The lowest BCUT2D eigenvalue weighted by Gasteiger charge is -2.34. The third kappa shape index (κ3) is 4.58. The Bertz CT molecular complexity index is 371. The summed E-state index contributed by atoms with van der Waals surface area (Å²) in [5, 5.41) is 14.6. The van der Waals surface area contributed by atoms with Crippen LogP contribution in [-0.4, -0.2) is 38.7 Å². The van der Waals surface area contributed by atoms with Gasteiger partial charge in [0.15, 0.2) is 0 Å². The minimum Gasteiger partial charge on any atom is -0.390 e. The van der Waals surface area contributed by atoms with Crippen LogP contribution in [0.25, 0.3) is 0 Å². The Morgan fingerprint density at radius 3 is 2.58 bits per heavy atom. The van der Waals surface area contributed by atoms with Crippen molar-refractivity contribution in [1.29, 1.82) is 0 Å². The molecule has 0 aliphatic rings. The van der Waals surface area contributed by atoms with Crippen LogP contribution in [-0.2, 0) is 17.7 Å². The number of ether oxygens (including phenoxy) is 1. The van der Waals surface area contributed by atoms with E-state index in [0.29, 0.717) is 13.0 Å². The summed E-state index contributed by atoms with van der Waals surface area (Å²) in [6.07, 6.45) is 2.25. The third-order valence-electron chi connectivity index (χ3n) is 3.07. The molecule has 0 saturated carbocycles. The number of aromatic nitrogens is 3. The highest BCUT2D eigenvalue weighted by Gasteiger charge is 2.32. The van der Waals surface area contributed by atoms with Crippen molar-refractivity contribution in [2.45, 2.75) is 66.2 Å². The van der Waals surface area contributed by atoms with E-state index in [0.717, 1.165) is 18.8 Å². The molecule has 2 atom stereocenters. The lowest BCUT2D eigenvalue weighted by Crippen LogP contribution is -2.41. The number of hydrogen-bond donors (Lipinski definition) is 1. The highest BCUT2D eigenvalue weighted by Crippen LogP contribution is 2.26. The first-order valence-corrected chi connectivity index (χ1v) is 7.06. The van der Waals surface area contributed by atoms with Gasteiger partial charge in [0.05, 0.1) is 12.2 Å². The highest BCUT2D eigenvalue weighted by molar-refractivity contribution is 4.92. The van der Waals surface area contributed by atoms with E-state index < -0.39 is 6.10 Å². The van der Waals surface area contributed by atoms with Crippen molar-refractivity contribution >= 4 is 0 Å². The molecular formula is C14H27N3O2. The van der Waals surface area contributed by atoms with Gasteiger partial charge in [-0.2, -0.15) is 5.10 Å². The Balaban J connectivity index is 2.75. The van der Waals surface area contributed by atoms with Crippen molar-refractivity contribution in [3.63, 3.8) is 0 Å². The molecule has 0 aliphatic carbocycles. The van der Waals surface area contributed by atoms with Crippen LogP contribution in [0, 0.1) is 5.41 Å². The maximum atomic E-state index is 10.4. The zero-order chi connectivity index (χ0) is 14.5. The summed E-state index contributed by atoms with van der Waals surface area (Å²) in [4.78, 5) is 4.24. The first-order valence-electron chi connectivity index (χ1n) is 7.06. The van der Waals surface area contributed by atoms with E-state index >= 15 is 0 Å². The molecule has 0 bridgehead atoms. The van der Waals surface area contributed by atoms with Crippen molar-refractivity contribution in [3.05, 3.63) is 12.2 Å². The first kappa shape index (κ1) is 16.1. The van der Waals surface area contributed by atoms with Crippen LogP contribution in [0.5, 0.6) is 0 Å². The number of hydrogen-bond acceptors (Lipinski definition) is 4. The van der Waals surface area contributed by atoms with E-state index in [9.17, 15) is 5.11 Å². The van der Waals surface area contributed by atoms with Crippen LogP contribution in [0.15, 0.2) is 6.33 Å². The zero-order valence-electron chi connectivity index (χ0n) is 12.8. The lowest BCUT2D eigenvalue weighted by molar-refractivity contribution is -0.0881. The van der Waals surface area contributed by atoms with Gasteiger partial charge in [0.25, 0.3) is 0 Å². The third-order valence-corrected chi connectivity index (χ3v) is 3.07. The van der Waals surface area contributed by atoms with Gasteiger partial charge in [-0.05, 0) is 18.8 Å². The van der Waals surface area contributed by atoms with Gasteiger partial charge < -0.3 is 9.84 Å². The van der Waals surface area contributed by atoms with E-state index in [-0.39, 0.29) is 11.5 Å². The number of aliphatic hydroxyl groups excluding tert-OH is 1. The van der Waals surface area contributed by atoms with Crippen molar-refractivity contribution in [2.75, 3.05) is 6.61 Å². The van der Waals surface area contributed by atoms with Gasteiger partial charge >= 0.3 is 0 Å². The molecule has 0 aromatic carbocycles. The van der Waals surface area contributed by atoms with Crippen molar-refractivity contribution < 1.29 is 9.84 Å². The van der Waals surface area contributed by atoms with E-state index in [1.54, 1.807) is 6.33 Å². The van der Waals surface area contributed by atoms with Crippen molar-refractivity contribution in [2.24, 2.45) is 5.41 Å². The fourth-order valence-electron chi connectivity index (χ4n) is 2.26. The molecule has 0 fully saturated rings. The van der Waals surface area contributed by atoms with Gasteiger partial charge in [-0.1, -0.05) is 27.7 Å². The standard InChI is InChI=1S/C14H27N3O2/c1-6-8-17-12(15-10-16-17)9-11(18)13(19-7-2)14(3,4)5/h10-11,13,18H,6-9H2,1-5H3. The number of rotatable bonds is 7. The minimum absolute atomic E-state index is 0.106. The molecule has 19 heavy (non-hydrogen) atoms. The van der Waals surface area contributed by atoms with E-state index in [1.165, 1.54) is 0 Å². The molecule has 0 spiro atoms. The van der Waals surface area contributed by atoms with E-state index in [2.05, 4.69) is 37.8 Å². The summed E-state index contributed by atoms with van der Waals surface area (Å²) >= 11 is 0. The van der Waals surface area contributed by atoms with Crippen LogP contribution in [0.1, 0.15) is 46.9 Å². The summed E-state index contributed by atoms with van der Waals surface area (Å²) in [6, 6.07) is 0.